The topological polar surface area (TPSA) is 37.8 Å². The van der Waals surface area contributed by atoms with Gasteiger partial charge in [0.25, 0.3) is 0 Å². The molecule has 3 fully saturated rings. The van der Waals surface area contributed by atoms with E-state index in [1.165, 1.54) is 12.1 Å². The van der Waals surface area contributed by atoms with Gasteiger partial charge in [-0.1, -0.05) is 0 Å². The van der Waals surface area contributed by atoms with Crippen molar-refractivity contribution in [2.24, 2.45) is 5.92 Å². The summed E-state index contributed by atoms with van der Waals surface area (Å²) in [4.78, 5) is 9.30. The standard InChI is InChI=1S/C16H23N3O2/c1-2-14(8-17-4-1)19-5-7-21-16-11-18(10-15(16)19)9-13-3-6-20-12-13/h1-2,4,8,13,15-16H,3,5-7,9-12H2/t13-,15-,16+/m1/s1. The molecular weight excluding hydrogens is 266 g/mol. The van der Waals surface area contributed by atoms with Crippen LogP contribution in [0.2, 0.25) is 0 Å². The maximum Gasteiger partial charge on any atom is 0.0918 e. The fraction of sp³-hybridized carbons (Fsp3) is 0.688. The molecule has 3 aliphatic heterocycles. The first kappa shape index (κ1) is 13.5. The molecular formula is C16H23N3O2. The molecule has 0 amide bonds. The molecule has 3 saturated heterocycles. The highest BCUT2D eigenvalue weighted by atomic mass is 16.5. The van der Waals surface area contributed by atoms with Gasteiger partial charge in [0.15, 0.2) is 0 Å². The van der Waals surface area contributed by atoms with Crippen LogP contribution in [0, 0.1) is 5.92 Å². The summed E-state index contributed by atoms with van der Waals surface area (Å²) < 4.78 is 11.5. The number of ether oxygens (including phenoxy) is 2. The second-order valence-electron chi connectivity index (χ2n) is 6.33. The summed E-state index contributed by atoms with van der Waals surface area (Å²) in [5, 5.41) is 0. The minimum Gasteiger partial charge on any atom is -0.381 e. The Morgan fingerprint density at radius 1 is 1.29 bits per heavy atom. The quantitative estimate of drug-likeness (QED) is 0.830. The maximum absolute atomic E-state index is 6.01. The van der Waals surface area contributed by atoms with E-state index in [-0.39, 0.29) is 0 Å². The predicted octanol–water partition coefficient (Wildman–Crippen LogP) is 1.01. The zero-order valence-electron chi connectivity index (χ0n) is 12.4. The van der Waals surface area contributed by atoms with Crippen LogP contribution in [0.25, 0.3) is 0 Å². The molecule has 5 heteroatoms. The molecule has 5 nitrogen and oxygen atoms in total. The van der Waals surface area contributed by atoms with Crippen LogP contribution in [0.5, 0.6) is 0 Å². The molecule has 0 unspecified atom stereocenters. The van der Waals surface area contributed by atoms with Gasteiger partial charge in [-0.3, -0.25) is 9.88 Å². The molecule has 0 aliphatic carbocycles. The third-order valence-corrected chi connectivity index (χ3v) is 4.89. The number of aromatic nitrogens is 1. The highest BCUT2D eigenvalue weighted by molar-refractivity contribution is 5.46. The predicted molar refractivity (Wildman–Crippen MR) is 80.5 cm³/mol. The van der Waals surface area contributed by atoms with Crippen molar-refractivity contribution in [1.82, 2.24) is 9.88 Å². The van der Waals surface area contributed by atoms with Crippen LogP contribution < -0.4 is 4.90 Å². The molecule has 4 rings (SSSR count). The highest BCUT2D eigenvalue weighted by Crippen LogP contribution is 2.28. The van der Waals surface area contributed by atoms with E-state index in [1.54, 1.807) is 0 Å². The second-order valence-corrected chi connectivity index (χ2v) is 6.33. The van der Waals surface area contributed by atoms with Gasteiger partial charge in [0.05, 0.1) is 37.2 Å². The average Bonchev–Trinajstić information content (AvgIpc) is 3.17. The molecule has 3 aliphatic rings. The summed E-state index contributed by atoms with van der Waals surface area (Å²) in [6.07, 6.45) is 5.35. The minimum absolute atomic E-state index is 0.335. The summed E-state index contributed by atoms with van der Waals surface area (Å²) >= 11 is 0. The van der Waals surface area contributed by atoms with Crippen LogP contribution in [0.4, 0.5) is 5.69 Å². The Morgan fingerprint density at radius 3 is 3.10 bits per heavy atom. The monoisotopic (exact) mass is 289 g/mol. The Morgan fingerprint density at radius 2 is 2.29 bits per heavy atom. The summed E-state index contributed by atoms with van der Waals surface area (Å²) in [6, 6.07) is 4.64. The number of morpholine rings is 1. The van der Waals surface area contributed by atoms with Gasteiger partial charge < -0.3 is 14.4 Å². The van der Waals surface area contributed by atoms with E-state index in [2.05, 4.69) is 20.9 Å². The van der Waals surface area contributed by atoms with Crippen LogP contribution in [0.1, 0.15) is 6.42 Å². The Hall–Kier alpha value is -1.17. The van der Waals surface area contributed by atoms with Gasteiger partial charge in [0.2, 0.25) is 0 Å². The molecule has 1 aromatic rings. The smallest absolute Gasteiger partial charge is 0.0918 e. The lowest BCUT2D eigenvalue weighted by atomic mass is 10.1. The van der Waals surface area contributed by atoms with Gasteiger partial charge in [0, 0.05) is 39.0 Å². The lowest BCUT2D eigenvalue weighted by molar-refractivity contribution is 0.0302. The molecule has 4 heterocycles. The third-order valence-electron chi connectivity index (χ3n) is 4.89. The molecule has 0 N–H and O–H groups in total. The van der Waals surface area contributed by atoms with E-state index in [1.807, 2.05) is 18.5 Å². The lowest BCUT2D eigenvalue weighted by Crippen LogP contribution is -2.51. The van der Waals surface area contributed by atoms with E-state index >= 15 is 0 Å². The molecule has 21 heavy (non-hydrogen) atoms. The van der Waals surface area contributed by atoms with E-state index < -0.39 is 0 Å². The van der Waals surface area contributed by atoms with E-state index in [9.17, 15) is 0 Å². The number of likely N-dealkylation sites (tertiary alicyclic amines) is 1. The van der Waals surface area contributed by atoms with Crippen LogP contribution in [-0.2, 0) is 9.47 Å². The highest BCUT2D eigenvalue weighted by Gasteiger charge is 2.40. The van der Waals surface area contributed by atoms with Gasteiger partial charge in [-0.25, -0.2) is 0 Å². The van der Waals surface area contributed by atoms with Crippen LogP contribution in [0.15, 0.2) is 24.5 Å². The number of nitrogens with zero attached hydrogens (tertiary/aromatic N) is 3. The molecule has 3 atom stereocenters. The Labute approximate surface area is 125 Å². The van der Waals surface area contributed by atoms with E-state index in [4.69, 9.17) is 9.47 Å². The van der Waals surface area contributed by atoms with E-state index in [0.29, 0.717) is 18.1 Å². The third kappa shape index (κ3) is 2.78. The molecule has 114 valence electrons. The summed E-state index contributed by atoms with van der Waals surface area (Å²) in [7, 11) is 0. The Bertz CT molecular complexity index is 464. The molecule has 0 saturated carbocycles. The first-order valence-electron chi connectivity index (χ1n) is 7.98. The zero-order valence-corrected chi connectivity index (χ0v) is 12.4. The fourth-order valence-corrected chi connectivity index (χ4v) is 3.85. The van der Waals surface area contributed by atoms with Crippen molar-refractivity contribution in [2.75, 3.05) is 50.9 Å². The van der Waals surface area contributed by atoms with Gasteiger partial charge in [-0.15, -0.1) is 0 Å². The van der Waals surface area contributed by atoms with Crippen molar-refractivity contribution in [3.05, 3.63) is 24.5 Å². The maximum atomic E-state index is 6.01. The fourth-order valence-electron chi connectivity index (χ4n) is 3.85. The number of anilines is 1. The SMILES string of the molecule is c1cncc(N2CCO[C@H]3CN(C[C@H]4CCOC4)C[C@H]32)c1. The summed E-state index contributed by atoms with van der Waals surface area (Å²) in [5.41, 5.74) is 1.22. The van der Waals surface area contributed by atoms with Crippen LogP contribution in [-0.4, -0.2) is 68.0 Å². The number of pyridine rings is 1. The second kappa shape index (κ2) is 5.91. The van der Waals surface area contributed by atoms with Gasteiger partial charge >= 0.3 is 0 Å². The lowest BCUT2D eigenvalue weighted by Gasteiger charge is -2.38. The molecule has 0 spiro atoms. The van der Waals surface area contributed by atoms with Crippen molar-refractivity contribution in [2.45, 2.75) is 18.6 Å². The summed E-state index contributed by atoms with van der Waals surface area (Å²) in [5.74, 6) is 0.706. The first-order valence-corrected chi connectivity index (χ1v) is 7.98. The van der Waals surface area contributed by atoms with Crippen LogP contribution >= 0.6 is 0 Å². The number of hydrogen-bond acceptors (Lipinski definition) is 5. The number of hydrogen-bond donors (Lipinski definition) is 0. The Kier molecular flexibility index (Phi) is 3.80. The van der Waals surface area contributed by atoms with Gasteiger partial charge in [-0.2, -0.15) is 0 Å². The molecule has 0 radical (unpaired) electrons. The van der Waals surface area contributed by atoms with Crippen LogP contribution in [0.3, 0.4) is 0 Å². The molecule has 0 aromatic carbocycles. The van der Waals surface area contributed by atoms with Crippen molar-refractivity contribution in [3.63, 3.8) is 0 Å². The molecule has 1 aromatic heterocycles. The normalized spacial score (nSPS) is 33.3. The average molecular weight is 289 g/mol. The summed E-state index contributed by atoms with van der Waals surface area (Å²) in [6.45, 7) is 6.94. The van der Waals surface area contributed by atoms with Crippen molar-refractivity contribution in [1.29, 1.82) is 0 Å². The minimum atomic E-state index is 0.335. The van der Waals surface area contributed by atoms with Crippen molar-refractivity contribution < 1.29 is 9.47 Å². The van der Waals surface area contributed by atoms with E-state index in [0.717, 1.165) is 46.0 Å². The van der Waals surface area contributed by atoms with Crippen molar-refractivity contribution in [3.8, 4) is 0 Å². The number of rotatable bonds is 3. The number of fused-ring (bicyclic) bond motifs is 1. The van der Waals surface area contributed by atoms with Gasteiger partial charge in [0.1, 0.15) is 0 Å². The largest absolute Gasteiger partial charge is 0.381 e. The van der Waals surface area contributed by atoms with Crippen molar-refractivity contribution >= 4 is 5.69 Å². The molecule has 0 bridgehead atoms. The first-order chi connectivity index (χ1) is 10.4. The Balaban J connectivity index is 1.44. The zero-order chi connectivity index (χ0) is 14.1. The van der Waals surface area contributed by atoms with Gasteiger partial charge in [-0.05, 0) is 24.5 Å².